The fourth-order valence-electron chi connectivity index (χ4n) is 4.27. The van der Waals surface area contributed by atoms with Crippen LogP contribution in [0.3, 0.4) is 0 Å². The van der Waals surface area contributed by atoms with Crippen LogP contribution in [-0.2, 0) is 66.7 Å². The Morgan fingerprint density at radius 1 is 0.683 bits per heavy atom. The predicted octanol–water partition coefficient (Wildman–Crippen LogP) is -1.42. The molecule has 0 spiro atoms. The second-order valence-electron chi connectivity index (χ2n) is 9.21. The molecule has 2 fully saturated rings. The van der Waals surface area contributed by atoms with Crippen molar-refractivity contribution in [3.63, 3.8) is 0 Å². The molecule has 0 aromatic heterocycles. The number of carbonyl (C=O) groups is 6. The minimum atomic E-state index is -2.35. The lowest BCUT2D eigenvalue weighted by molar-refractivity contribution is -0.336. The number of esters is 5. The van der Waals surface area contributed by atoms with Gasteiger partial charge in [-0.2, -0.15) is 0 Å². The number of rotatable bonds is 10. The highest BCUT2D eigenvalue weighted by Crippen LogP contribution is 2.33. The van der Waals surface area contributed by atoms with E-state index in [4.69, 9.17) is 37.9 Å². The van der Waals surface area contributed by atoms with E-state index in [0.29, 0.717) is 0 Å². The van der Waals surface area contributed by atoms with Gasteiger partial charge in [-0.05, 0) is 0 Å². The Labute approximate surface area is 234 Å². The predicted molar refractivity (Wildman–Crippen MR) is 127 cm³/mol. The van der Waals surface area contributed by atoms with Crippen molar-refractivity contribution in [2.24, 2.45) is 0 Å². The summed E-state index contributed by atoms with van der Waals surface area (Å²) in [6, 6.07) is -1.45. The maximum absolute atomic E-state index is 15.1. The molecule has 2 saturated heterocycles. The first-order chi connectivity index (χ1) is 19.1. The van der Waals surface area contributed by atoms with Gasteiger partial charge in [0.15, 0.2) is 37.1 Å². The number of aliphatic hydroxyl groups excluding tert-OH is 1. The summed E-state index contributed by atoms with van der Waals surface area (Å²) in [7, 11) is 0. The van der Waals surface area contributed by atoms with Crippen molar-refractivity contribution in [1.29, 1.82) is 0 Å². The highest BCUT2D eigenvalue weighted by molar-refractivity contribution is 5.73. The maximum Gasteiger partial charge on any atom is 0.303 e. The standard InChI is InChI=1S/C24H34FNO15/c1-9(27)26-18-22(38-14(6)32)20(36-12(4)30)16(8-35-11(3)29)40-24(18)41-19-15(7-34-10(2)28)39-23(33)17(25)21(19)37-13(5)31/h15-24,33H,7-8H2,1-6H3,(H,26,27)/t15-,16-,17-,18-,19-,20-,21-,22-,23?,24+/m1/s1. The average molecular weight is 596 g/mol. The van der Waals surface area contributed by atoms with Crippen LogP contribution >= 0.6 is 0 Å². The zero-order valence-electron chi connectivity index (χ0n) is 23.2. The highest BCUT2D eigenvalue weighted by Gasteiger charge is 2.55. The van der Waals surface area contributed by atoms with E-state index in [0.717, 1.165) is 41.5 Å². The van der Waals surface area contributed by atoms with Gasteiger partial charge in [-0.15, -0.1) is 0 Å². The summed E-state index contributed by atoms with van der Waals surface area (Å²) in [6.45, 7) is 5.20. The van der Waals surface area contributed by atoms with Crippen LogP contribution in [-0.4, -0.2) is 115 Å². The number of amides is 1. The molecule has 1 amide bonds. The lowest BCUT2D eigenvalue weighted by atomic mass is 9.95. The number of halogens is 1. The minimum Gasteiger partial charge on any atom is -0.463 e. The molecule has 16 nitrogen and oxygen atoms in total. The van der Waals surface area contributed by atoms with Crippen molar-refractivity contribution in [1.82, 2.24) is 5.32 Å². The molecular formula is C24H34FNO15. The summed E-state index contributed by atoms with van der Waals surface area (Å²) in [5.41, 5.74) is 0. The Bertz CT molecular complexity index is 992. The number of aliphatic hydroxyl groups is 1. The normalized spacial score (nSPS) is 33.1. The molecule has 0 aromatic rings. The van der Waals surface area contributed by atoms with Crippen LogP contribution in [0.25, 0.3) is 0 Å². The molecule has 2 N–H and O–H groups in total. The van der Waals surface area contributed by atoms with Crippen LogP contribution in [0.4, 0.5) is 4.39 Å². The molecule has 0 bridgehead atoms. The van der Waals surface area contributed by atoms with Gasteiger partial charge in [0.1, 0.15) is 37.6 Å². The van der Waals surface area contributed by atoms with Gasteiger partial charge in [-0.3, -0.25) is 28.8 Å². The number of alkyl halides is 1. The molecule has 2 heterocycles. The van der Waals surface area contributed by atoms with Crippen LogP contribution in [0.2, 0.25) is 0 Å². The number of ether oxygens (including phenoxy) is 8. The molecule has 232 valence electrons. The molecule has 41 heavy (non-hydrogen) atoms. The van der Waals surface area contributed by atoms with Gasteiger partial charge in [0.05, 0.1) is 0 Å². The van der Waals surface area contributed by atoms with E-state index >= 15 is 4.39 Å². The zero-order valence-corrected chi connectivity index (χ0v) is 23.2. The molecule has 0 aliphatic carbocycles. The van der Waals surface area contributed by atoms with Gasteiger partial charge in [-0.25, -0.2) is 4.39 Å². The molecule has 0 aromatic carbocycles. The van der Waals surface area contributed by atoms with Gasteiger partial charge < -0.3 is 48.3 Å². The molecular weight excluding hydrogens is 561 g/mol. The molecule has 0 saturated carbocycles. The quantitative estimate of drug-likeness (QED) is 0.219. The van der Waals surface area contributed by atoms with Crippen molar-refractivity contribution < 1.29 is 76.2 Å². The van der Waals surface area contributed by atoms with E-state index in [1.165, 1.54) is 0 Å². The highest BCUT2D eigenvalue weighted by atomic mass is 19.1. The lowest BCUT2D eigenvalue weighted by Crippen LogP contribution is -2.69. The third-order valence-corrected chi connectivity index (χ3v) is 5.71. The summed E-state index contributed by atoms with van der Waals surface area (Å²) in [4.78, 5) is 70.9. The zero-order chi connectivity index (χ0) is 31.0. The smallest absolute Gasteiger partial charge is 0.303 e. The number of carbonyl (C=O) groups excluding carboxylic acids is 6. The maximum atomic E-state index is 15.1. The number of hydrogen-bond acceptors (Lipinski definition) is 15. The summed E-state index contributed by atoms with van der Waals surface area (Å²) < 4.78 is 57.9. The third kappa shape index (κ3) is 9.87. The van der Waals surface area contributed by atoms with Crippen molar-refractivity contribution in [3.8, 4) is 0 Å². The van der Waals surface area contributed by atoms with Crippen molar-refractivity contribution in [2.45, 2.75) is 103 Å². The first kappa shape index (κ1) is 33.8. The van der Waals surface area contributed by atoms with Gasteiger partial charge in [0.2, 0.25) is 5.91 Å². The van der Waals surface area contributed by atoms with E-state index in [-0.39, 0.29) is 0 Å². The summed E-state index contributed by atoms with van der Waals surface area (Å²) in [6.07, 6.45) is -15.4. The van der Waals surface area contributed by atoms with Crippen molar-refractivity contribution >= 4 is 35.8 Å². The SMILES string of the molecule is CC(=O)N[C@H]1[C@H](O[C@H]2[C@H](OC(C)=O)[C@@H](F)C(O)O[C@@H]2COC(C)=O)O[C@H](COC(C)=O)[C@@H](OC(C)=O)[C@@H]1OC(C)=O. The van der Waals surface area contributed by atoms with E-state index < -0.39 is 110 Å². The monoisotopic (exact) mass is 595 g/mol. The number of hydrogen-bond donors (Lipinski definition) is 2. The second-order valence-corrected chi connectivity index (χ2v) is 9.21. The molecule has 17 heteroatoms. The fourth-order valence-corrected chi connectivity index (χ4v) is 4.27. The first-order valence-corrected chi connectivity index (χ1v) is 12.4. The first-order valence-electron chi connectivity index (χ1n) is 12.4. The van der Waals surface area contributed by atoms with E-state index in [1.807, 2.05) is 0 Å². The Morgan fingerprint density at radius 2 is 1.15 bits per heavy atom. The average Bonchev–Trinajstić information content (AvgIpc) is 2.83. The molecule has 2 aliphatic heterocycles. The Kier molecular flexibility index (Phi) is 12.4. The van der Waals surface area contributed by atoms with Crippen molar-refractivity contribution in [3.05, 3.63) is 0 Å². The Morgan fingerprint density at radius 3 is 1.61 bits per heavy atom. The van der Waals surface area contributed by atoms with Crippen LogP contribution < -0.4 is 5.32 Å². The van der Waals surface area contributed by atoms with Crippen LogP contribution in [0.15, 0.2) is 0 Å². The van der Waals surface area contributed by atoms with Crippen LogP contribution in [0.5, 0.6) is 0 Å². The van der Waals surface area contributed by atoms with Gasteiger partial charge in [0, 0.05) is 41.5 Å². The van der Waals surface area contributed by atoms with Gasteiger partial charge in [0.25, 0.3) is 0 Å². The lowest BCUT2D eigenvalue weighted by Gasteiger charge is -2.48. The van der Waals surface area contributed by atoms with Gasteiger partial charge in [-0.1, -0.05) is 0 Å². The van der Waals surface area contributed by atoms with Crippen LogP contribution in [0, 0.1) is 0 Å². The summed E-state index contributed by atoms with van der Waals surface area (Å²) in [5, 5.41) is 12.6. The third-order valence-electron chi connectivity index (χ3n) is 5.71. The fraction of sp³-hybridized carbons (Fsp3) is 0.750. The summed E-state index contributed by atoms with van der Waals surface area (Å²) >= 11 is 0. The van der Waals surface area contributed by atoms with E-state index in [9.17, 15) is 33.9 Å². The summed E-state index contributed by atoms with van der Waals surface area (Å²) in [5.74, 6) is -4.86. The molecule has 10 atom stereocenters. The van der Waals surface area contributed by atoms with Gasteiger partial charge >= 0.3 is 29.8 Å². The molecule has 2 rings (SSSR count). The van der Waals surface area contributed by atoms with Crippen LogP contribution in [0.1, 0.15) is 41.5 Å². The minimum absolute atomic E-state index is 0.548. The Balaban J connectivity index is 2.58. The molecule has 0 radical (unpaired) electrons. The Hall–Kier alpha value is -3.41. The van der Waals surface area contributed by atoms with Crippen molar-refractivity contribution in [2.75, 3.05) is 13.2 Å². The van der Waals surface area contributed by atoms with E-state index in [2.05, 4.69) is 5.32 Å². The molecule has 1 unspecified atom stereocenters. The molecule has 2 aliphatic rings. The van der Waals surface area contributed by atoms with E-state index in [1.54, 1.807) is 0 Å². The number of nitrogens with one attached hydrogen (secondary N) is 1. The second kappa shape index (κ2) is 15.0. The largest absolute Gasteiger partial charge is 0.463 e. The topological polar surface area (TPSA) is 209 Å².